The zero-order valence-corrected chi connectivity index (χ0v) is 13.1. The number of hydrogen-bond acceptors (Lipinski definition) is 5. The van der Waals surface area contributed by atoms with Crippen LogP contribution in [-0.4, -0.2) is 23.0 Å². The number of nitro benzene ring substituents is 1. The molecule has 1 heterocycles. The highest BCUT2D eigenvalue weighted by atomic mass is 35.5. The third kappa shape index (κ3) is 2.65. The molecule has 1 amide bonds. The number of methoxy groups -OCH3 is 1. The third-order valence-corrected chi connectivity index (χ3v) is 3.80. The number of fused-ring (bicyclic) bond motifs is 1. The number of anilines is 1. The zero-order chi connectivity index (χ0) is 17.4. The van der Waals surface area contributed by atoms with E-state index in [1.165, 1.54) is 25.3 Å². The van der Waals surface area contributed by atoms with Crippen molar-refractivity contribution in [1.29, 1.82) is 0 Å². The number of nitro groups is 1. The number of carbonyl (C=O) groups is 1. The Balaban J connectivity index is 2.14. The molecule has 24 heavy (non-hydrogen) atoms. The van der Waals surface area contributed by atoms with E-state index in [1.54, 1.807) is 18.2 Å². The predicted molar refractivity (Wildman–Crippen MR) is 89.3 cm³/mol. The van der Waals surface area contributed by atoms with E-state index in [4.69, 9.17) is 16.3 Å². The summed E-state index contributed by atoms with van der Waals surface area (Å²) in [6.45, 7) is 0. The van der Waals surface area contributed by atoms with Gasteiger partial charge in [-0.15, -0.1) is 0 Å². The van der Waals surface area contributed by atoms with Crippen molar-refractivity contribution in [2.45, 2.75) is 0 Å². The van der Waals surface area contributed by atoms with Gasteiger partial charge in [-0.05, 0) is 29.8 Å². The number of phenolic OH excluding ortho intramolecular Hbond substituents is 1. The number of phenols is 1. The Morgan fingerprint density at radius 2 is 2.08 bits per heavy atom. The van der Waals surface area contributed by atoms with Crippen LogP contribution >= 0.6 is 11.6 Å². The van der Waals surface area contributed by atoms with Crippen LogP contribution in [0.4, 0.5) is 11.4 Å². The van der Waals surface area contributed by atoms with Crippen LogP contribution in [0.5, 0.6) is 11.5 Å². The van der Waals surface area contributed by atoms with Crippen molar-refractivity contribution in [1.82, 2.24) is 0 Å². The molecule has 0 aliphatic carbocycles. The lowest BCUT2D eigenvalue weighted by Gasteiger charge is -2.06. The molecule has 2 aromatic carbocycles. The molecule has 122 valence electrons. The van der Waals surface area contributed by atoms with Crippen LogP contribution in [0.3, 0.4) is 0 Å². The van der Waals surface area contributed by atoms with Crippen molar-refractivity contribution >= 4 is 40.5 Å². The van der Waals surface area contributed by atoms with E-state index in [0.717, 1.165) is 0 Å². The van der Waals surface area contributed by atoms with E-state index in [-0.39, 0.29) is 11.7 Å². The summed E-state index contributed by atoms with van der Waals surface area (Å²) in [5.74, 6) is -0.958. The van der Waals surface area contributed by atoms with Gasteiger partial charge in [0, 0.05) is 22.2 Å². The summed E-state index contributed by atoms with van der Waals surface area (Å²) in [7, 11) is 1.29. The van der Waals surface area contributed by atoms with Gasteiger partial charge in [-0.25, -0.2) is 0 Å². The van der Waals surface area contributed by atoms with Gasteiger partial charge in [0.05, 0.1) is 17.7 Å². The number of benzene rings is 2. The van der Waals surface area contributed by atoms with Gasteiger partial charge in [0.1, 0.15) is 0 Å². The fourth-order valence-corrected chi connectivity index (χ4v) is 2.64. The van der Waals surface area contributed by atoms with E-state index in [1.807, 2.05) is 0 Å². The lowest BCUT2D eigenvalue weighted by atomic mass is 10.0. The molecule has 0 fully saturated rings. The van der Waals surface area contributed by atoms with Crippen LogP contribution in [0.25, 0.3) is 11.6 Å². The molecule has 0 saturated carbocycles. The minimum absolute atomic E-state index is 0.0502. The number of aromatic hydroxyl groups is 1. The van der Waals surface area contributed by atoms with Gasteiger partial charge in [0.25, 0.3) is 5.91 Å². The van der Waals surface area contributed by atoms with Crippen molar-refractivity contribution in [2.24, 2.45) is 0 Å². The van der Waals surface area contributed by atoms with E-state index < -0.39 is 16.4 Å². The van der Waals surface area contributed by atoms with Crippen molar-refractivity contribution < 1.29 is 19.6 Å². The summed E-state index contributed by atoms with van der Waals surface area (Å²) in [6.07, 6.45) is 1.49. The van der Waals surface area contributed by atoms with E-state index in [2.05, 4.69) is 5.32 Å². The van der Waals surface area contributed by atoms with E-state index >= 15 is 0 Å². The lowest BCUT2D eigenvalue weighted by molar-refractivity contribution is -0.386. The first-order valence-electron chi connectivity index (χ1n) is 6.79. The van der Waals surface area contributed by atoms with Gasteiger partial charge in [-0.1, -0.05) is 17.7 Å². The highest BCUT2D eigenvalue weighted by Gasteiger charge is 2.25. The Morgan fingerprint density at radius 3 is 2.75 bits per heavy atom. The average Bonchev–Trinajstić information content (AvgIpc) is 2.83. The van der Waals surface area contributed by atoms with Gasteiger partial charge in [0.2, 0.25) is 5.75 Å². The molecule has 0 aromatic heterocycles. The highest BCUT2D eigenvalue weighted by molar-refractivity contribution is 6.36. The molecule has 1 aliphatic heterocycles. The number of halogens is 1. The Bertz CT molecular complexity index is 908. The number of rotatable bonds is 3. The topological polar surface area (TPSA) is 102 Å². The molecule has 0 atom stereocenters. The number of carbonyl (C=O) groups excluding carboxylic acids is 1. The molecular formula is C16H11ClN2O5. The number of hydrogen-bond donors (Lipinski definition) is 2. The van der Waals surface area contributed by atoms with Gasteiger partial charge < -0.3 is 15.2 Å². The first-order valence-corrected chi connectivity index (χ1v) is 7.17. The molecule has 2 N–H and O–H groups in total. The normalized spacial score (nSPS) is 14.4. The molecule has 3 rings (SSSR count). The second kappa shape index (κ2) is 5.86. The van der Waals surface area contributed by atoms with Crippen molar-refractivity contribution in [3.8, 4) is 11.5 Å². The Morgan fingerprint density at radius 1 is 1.33 bits per heavy atom. The van der Waals surface area contributed by atoms with Crippen LogP contribution in [-0.2, 0) is 4.79 Å². The quantitative estimate of drug-likeness (QED) is 0.503. The molecule has 8 heteroatoms. The molecule has 2 aromatic rings. The maximum Gasteiger partial charge on any atom is 0.315 e. The minimum atomic E-state index is -0.720. The molecule has 1 aliphatic rings. The number of nitrogens with zero attached hydrogens (tertiary/aromatic N) is 1. The monoisotopic (exact) mass is 346 g/mol. The van der Waals surface area contributed by atoms with E-state index in [9.17, 15) is 20.0 Å². The number of nitrogens with one attached hydrogen (secondary N) is 1. The average molecular weight is 347 g/mol. The summed E-state index contributed by atoms with van der Waals surface area (Å²) in [4.78, 5) is 22.5. The predicted octanol–water partition coefficient (Wildman–Crippen LogP) is 3.46. The maximum atomic E-state index is 12.2. The van der Waals surface area contributed by atoms with Gasteiger partial charge in [-0.3, -0.25) is 14.9 Å². The van der Waals surface area contributed by atoms with Gasteiger partial charge >= 0.3 is 5.69 Å². The zero-order valence-electron chi connectivity index (χ0n) is 12.4. The summed E-state index contributed by atoms with van der Waals surface area (Å²) in [5, 5.41) is 24.0. The van der Waals surface area contributed by atoms with Crippen LogP contribution < -0.4 is 10.1 Å². The fourth-order valence-electron chi connectivity index (χ4n) is 2.47. The second-order valence-corrected chi connectivity index (χ2v) is 5.49. The molecule has 0 radical (unpaired) electrons. The van der Waals surface area contributed by atoms with E-state index in [0.29, 0.717) is 27.4 Å². The molecule has 0 unspecified atom stereocenters. The third-order valence-electron chi connectivity index (χ3n) is 3.57. The summed E-state index contributed by atoms with van der Waals surface area (Å²) >= 11 is 5.90. The Labute approximate surface area is 141 Å². The summed E-state index contributed by atoms with van der Waals surface area (Å²) in [6, 6.07) is 7.54. The first-order chi connectivity index (χ1) is 11.4. The fraction of sp³-hybridized carbons (Fsp3) is 0.0625. The number of ether oxygens (including phenoxy) is 1. The van der Waals surface area contributed by atoms with Gasteiger partial charge in [-0.2, -0.15) is 0 Å². The largest absolute Gasteiger partial charge is 0.500 e. The minimum Gasteiger partial charge on any atom is -0.500 e. The van der Waals surface area contributed by atoms with Crippen LogP contribution in [0, 0.1) is 10.1 Å². The Kier molecular flexibility index (Phi) is 3.86. The van der Waals surface area contributed by atoms with Crippen LogP contribution in [0.2, 0.25) is 5.02 Å². The Hall–Kier alpha value is -3.06. The first kappa shape index (κ1) is 15.8. The molecule has 0 spiro atoms. The lowest BCUT2D eigenvalue weighted by Crippen LogP contribution is -2.03. The molecular weight excluding hydrogens is 336 g/mol. The molecule has 0 saturated heterocycles. The molecule has 7 nitrogen and oxygen atoms in total. The summed E-state index contributed by atoms with van der Waals surface area (Å²) in [5.41, 5.74) is 1.39. The standard InChI is InChI=1S/C16H11ClN2O5/c1-24-14-6-8(5-13(15(14)20)19(22)23)4-11-10-3-2-9(17)7-12(10)18-16(11)21/h2-7,20H,1H3,(H,18,21)/b11-4+. The van der Waals surface area contributed by atoms with Crippen molar-refractivity contribution in [3.63, 3.8) is 0 Å². The van der Waals surface area contributed by atoms with Crippen LogP contribution in [0.15, 0.2) is 30.3 Å². The van der Waals surface area contributed by atoms with Gasteiger partial charge in [0.15, 0.2) is 5.75 Å². The van der Waals surface area contributed by atoms with Crippen LogP contribution in [0.1, 0.15) is 11.1 Å². The second-order valence-electron chi connectivity index (χ2n) is 5.05. The van der Waals surface area contributed by atoms with Crippen molar-refractivity contribution in [3.05, 3.63) is 56.6 Å². The summed E-state index contributed by atoms with van der Waals surface area (Å²) < 4.78 is 4.95. The highest BCUT2D eigenvalue weighted by Crippen LogP contribution is 2.39. The number of amides is 1. The molecule has 0 bridgehead atoms. The smallest absolute Gasteiger partial charge is 0.315 e. The SMILES string of the molecule is COc1cc(/C=C2/C(=O)Nc3cc(Cl)ccc32)cc([N+](=O)[O-])c1O. The van der Waals surface area contributed by atoms with Crippen molar-refractivity contribution in [2.75, 3.05) is 12.4 Å². The maximum absolute atomic E-state index is 12.2.